The molecule has 7 heteroatoms. The molecular formula is C32H33N3O4. The lowest BCUT2D eigenvalue weighted by Crippen LogP contribution is -2.26. The van der Waals surface area contributed by atoms with Crippen molar-refractivity contribution in [1.29, 1.82) is 0 Å². The molecule has 1 N–H and O–H groups in total. The number of nitrogens with zero attached hydrogens (tertiary/aromatic N) is 2. The van der Waals surface area contributed by atoms with Crippen molar-refractivity contribution in [2.75, 3.05) is 5.32 Å². The van der Waals surface area contributed by atoms with Crippen molar-refractivity contribution in [3.05, 3.63) is 93.5 Å². The van der Waals surface area contributed by atoms with Crippen LogP contribution in [0.3, 0.4) is 0 Å². The Bertz CT molecular complexity index is 1780. The van der Waals surface area contributed by atoms with Crippen molar-refractivity contribution in [3.8, 4) is 11.3 Å². The largest absolute Gasteiger partial charge is 0.455 e. The van der Waals surface area contributed by atoms with Gasteiger partial charge in [0, 0.05) is 46.4 Å². The molecule has 0 radical (unpaired) electrons. The Morgan fingerprint density at radius 1 is 1.08 bits per heavy atom. The van der Waals surface area contributed by atoms with Gasteiger partial charge >= 0.3 is 6.09 Å². The first-order chi connectivity index (χ1) is 18.4. The fourth-order valence-electron chi connectivity index (χ4n) is 5.00. The topological polar surface area (TPSA) is 86.4 Å². The van der Waals surface area contributed by atoms with Crippen molar-refractivity contribution < 1.29 is 13.9 Å². The van der Waals surface area contributed by atoms with Crippen LogP contribution in [0.5, 0.6) is 0 Å². The van der Waals surface area contributed by atoms with Crippen LogP contribution in [0.4, 0.5) is 10.5 Å². The van der Waals surface area contributed by atoms with Gasteiger partial charge in [-0.15, -0.1) is 0 Å². The standard InChI is InChI=1S/C32H33N3O4/c1-18-15-24(30-25(16-18)28(36)20(3)29(38-30)23-9-8-13-33-17-23)21(4)34-26-11-10-22-12-14-35(27(22)19(26)2)31(37)39-32(5,6)7/h8-17,21,34H,1-7H3/t21-/m1/s1. The van der Waals surface area contributed by atoms with Crippen LogP contribution in [0.25, 0.3) is 33.2 Å². The van der Waals surface area contributed by atoms with E-state index < -0.39 is 11.7 Å². The monoisotopic (exact) mass is 523 g/mol. The normalized spacial score (nSPS) is 12.6. The maximum atomic E-state index is 13.4. The van der Waals surface area contributed by atoms with E-state index in [1.165, 1.54) is 0 Å². The van der Waals surface area contributed by atoms with Gasteiger partial charge in [0.25, 0.3) is 0 Å². The van der Waals surface area contributed by atoms with Crippen molar-refractivity contribution in [2.24, 2.45) is 0 Å². The fourth-order valence-corrected chi connectivity index (χ4v) is 5.00. The second-order valence-electron chi connectivity index (χ2n) is 11.1. The number of nitrogens with one attached hydrogen (secondary N) is 1. The third kappa shape index (κ3) is 4.92. The van der Waals surface area contributed by atoms with Gasteiger partial charge in [-0.2, -0.15) is 0 Å². The first-order valence-corrected chi connectivity index (χ1v) is 13.0. The van der Waals surface area contributed by atoms with Crippen molar-refractivity contribution in [2.45, 2.75) is 60.1 Å². The molecular weight excluding hydrogens is 490 g/mol. The zero-order chi connectivity index (χ0) is 28.1. The Morgan fingerprint density at radius 2 is 1.85 bits per heavy atom. The molecule has 1 atom stereocenters. The Morgan fingerprint density at radius 3 is 2.54 bits per heavy atom. The molecule has 5 aromatic rings. The summed E-state index contributed by atoms with van der Waals surface area (Å²) in [6.45, 7) is 13.3. The molecule has 0 bridgehead atoms. The summed E-state index contributed by atoms with van der Waals surface area (Å²) in [5, 5.41) is 5.09. The van der Waals surface area contributed by atoms with E-state index in [0.29, 0.717) is 22.3 Å². The summed E-state index contributed by atoms with van der Waals surface area (Å²) >= 11 is 0. The van der Waals surface area contributed by atoms with Gasteiger partial charge in [0.15, 0.2) is 5.43 Å². The second kappa shape index (κ2) is 9.73. The molecule has 0 saturated heterocycles. The Kier molecular flexibility index (Phi) is 6.54. The minimum absolute atomic E-state index is 0.0555. The maximum absolute atomic E-state index is 13.4. The molecule has 0 saturated carbocycles. The zero-order valence-corrected chi connectivity index (χ0v) is 23.4. The number of hydrogen-bond acceptors (Lipinski definition) is 6. The lowest BCUT2D eigenvalue weighted by molar-refractivity contribution is 0.0544. The van der Waals surface area contributed by atoms with Gasteiger partial charge in [-0.25, -0.2) is 4.79 Å². The number of anilines is 1. The Hall–Kier alpha value is -4.39. The van der Waals surface area contributed by atoms with Crippen LogP contribution in [0.1, 0.15) is 56.0 Å². The summed E-state index contributed by atoms with van der Waals surface area (Å²) in [6, 6.07) is 13.3. The van der Waals surface area contributed by atoms with E-state index in [1.807, 2.05) is 84.0 Å². The first-order valence-electron chi connectivity index (χ1n) is 13.0. The smallest absolute Gasteiger partial charge is 0.419 e. The number of fused-ring (bicyclic) bond motifs is 2. The molecule has 0 fully saturated rings. The fraction of sp³-hybridized carbons (Fsp3) is 0.281. The highest BCUT2D eigenvalue weighted by Gasteiger charge is 2.22. The molecule has 0 aliphatic heterocycles. The molecule has 0 aliphatic rings. The highest BCUT2D eigenvalue weighted by Crippen LogP contribution is 2.34. The van der Waals surface area contributed by atoms with E-state index in [2.05, 4.69) is 10.3 Å². The van der Waals surface area contributed by atoms with Gasteiger partial charge in [-0.05, 0) is 89.9 Å². The maximum Gasteiger partial charge on any atom is 0.419 e. The number of aromatic nitrogens is 2. The third-order valence-corrected chi connectivity index (χ3v) is 6.85. The minimum Gasteiger partial charge on any atom is -0.455 e. The highest BCUT2D eigenvalue weighted by atomic mass is 16.6. The summed E-state index contributed by atoms with van der Waals surface area (Å²) in [6.07, 6.45) is 4.71. The molecule has 0 aliphatic carbocycles. The number of carbonyl (C=O) groups is 1. The zero-order valence-electron chi connectivity index (χ0n) is 23.4. The van der Waals surface area contributed by atoms with Gasteiger partial charge in [0.2, 0.25) is 0 Å². The number of carbonyl (C=O) groups excluding carboxylic acids is 1. The van der Waals surface area contributed by atoms with Gasteiger partial charge in [-0.1, -0.05) is 12.1 Å². The van der Waals surface area contributed by atoms with E-state index in [4.69, 9.17) is 9.15 Å². The van der Waals surface area contributed by atoms with Crippen molar-refractivity contribution in [1.82, 2.24) is 9.55 Å². The average Bonchev–Trinajstić information content (AvgIpc) is 3.32. The highest BCUT2D eigenvalue weighted by molar-refractivity contribution is 5.94. The van der Waals surface area contributed by atoms with E-state index in [-0.39, 0.29) is 11.5 Å². The number of pyridine rings is 1. The van der Waals surface area contributed by atoms with Gasteiger partial charge in [0.1, 0.15) is 16.9 Å². The number of ether oxygens (including phenoxy) is 1. The molecule has 5 rings (SSSR count). The summed E-state index contributed by atoms with van der Waals surface area (Å²) in [4.78, 5) is 30.5. The lowest BCUT2D eigenvalue weighted by Gasteiger charge is -2.22. The minimum atomic E-state index is -0.602. The average molecular weight is 524 g/mol. The number of benzene rings is 2. The molecule has 0 unspecified atom stereocenters. The molecule has 0 amide bonds. The van der Waals surface area contributed by atoms with Crippen LogP contribution in [0, 0.1) is 20.8 Å². The molecule has 39 heavy (non-hydrogen) atoms. The third-order valence-electron chi connectivity index (χ3n) is 6.85. The van der Waals surface area contributed by atoms with E-state index in [0.717, 1.165) is 38.8 Å². The molecule has 0 spiro atoms. The number of hydrogen-bond donors (Lipinski definition) is 1. The summed E-state index contributed by atoms with van der Waals surface area (Å²) < 4.78 is 13.6. The van der Waals surface area contributed by atoms with Gasteiger partial charge < -0.3 is 14.5 Å². The summed E-state index contributed by atoms with van der Waals surface area (Å²) in [7, 11) is 0. The van der Waals surface area contributed by atoms with Crippen LogP contribution in [-0.4, -0.2) is 21.2 Å². The molecule has 2 aromatic carbocycles. The van der Waals surface area contributed by atoms with E-state index in [1.54, 1.807) is 30.1 Å². The Labute approximate surface area is 227 Å². The van der Waals surface area contributed by atoms with Crippen LogP contribution in [0.15, 0.2) is 70.3 Å². The predicted octanol–water partition coefficient (Wildman–Crippen LogP) is 7.69. The first kappa shape index (κ1) is 26.2. The SMILES string of the molecule is Cc1cc([C@@H](C)Nc2ccc3ccn(C(=O)OC(C)(C)C)c3c2C)c2oc(-c3cccnc3)c(C)c(=O)c2c1. The van der Waals surface area contributed by atoms with Gasteiger partial charge in [-0.3, -0.25) is 14.3 Å². The van der Waals surface area contributed by atoms with Crippen molar-refractivity contribution in [3.63, 3.8) is 0 Å². The quantitative estimate of drug-likeness (QED) is 0.260. The Balaban J connectivity index is 1.59. The molecule has 3 heterocycles. The molecule has 7 nitrogen and oxygen atoms in total. The lowest BCUT2D eigenvalue weighted by atomic mass is 9.98. The van der Waals surface area contributed by atoms with Crippen LogP contribution >= 0.6 is 0 Å². The second-order valence-corrected chi connectivity index (χ2v) is 11.1. The van der Waals surface area contributed by atoms with Crippen LogP contribution in [-0.2, 0) is 4.74 Å². The number of aryl methyl sites for hydroxylation is 2. The molecule has 200 valence electrons. The van der Waals surface area contributed by atoms with E-state index in [9.17, 15) is 9.59 Å². The van der Waals surface area contributed by atoms with Crippen molar-refractivity contribution >= 4 is 33.7 Å². The number of rotatable bonds is 4. The predicted molar refractivity (Wildman–Crippen MR) is 156 cm³/mol. The van der Waals surface area contributed by atoms with Gasteiger partial charge in [0.05, 0.1) is 16.9 Å². The van der Waals surface area contributed by atoms with Crippen LogP contribution in [0.2, 0.25) is 0 Å². The van der Waals surface area contributed by atoms with Crippen LogP contribution < -0.4 is 10.7 Å². The molecule has 3 aromatic heterocycles. The summed E-state index contributed by atoms with van der Waals surface area (Å²) in [5.74, 6) is 0.519. The van der Waals surface area contributed by atoms with E-state index >= 15 is 0 Å². The summed E-state index contributed by atoms with van der Waals surface area (Å²) in [5.41, 5.74) is 5.61.